The molecule has 0 N–H and O–H groups in total. The summed E-state index contributed by atoms with van der Waals surface area (Å²) in [6.07, 6.45) is 0. The molecule has 10 fully saturated rings. The molecule has 4 heteroatoms. The van der Waals surface area contributed by atoms with Gasteiger partial charge in [0, 0.05) is 0 Å². The fourth-order valence-corrected chi connectivity index (χ4v) is 118. The molecule has 0 bridgehead atoms. The second-order valence-corrected chi connectivity index (χ2v) is 47.1. The van der Waals surface area contributed by atoms with Crippen molar-refractivity contribution in [2.45, 2.75) is 86.2 Å². The van der Waals surface area contributed by atoms with E-state index in [0.29, 0.717) is 14.4 Å². The second kappa shape index (κ2) is 3.99. The minimum atomic E-state index is -3.93. The van der Waals surface area contributed by atoms with Gasteiger partial charge < -0.3 is 0 Å². The Morgan fingerprint density at radius 3 is 1.30 bits per heavy atom. The summed E-state index contributed by atoms with van der Waals surface area (Å²) >= 11 is 0. The molecule has 1 nitrogen and oxygen atoms in total. The number of nitrogens with zero attached hydrogens (tertiary/aromatic N) is 1. The van der Waals surface area contributed by atoms with E-state index in [0.717, 1.165) is 0 Å². The summed E-state index contributed by atoms with van der Waals surface area (Å²) in [6.45, 7) is 6.55. The number of fused-ring (bicyclic) bond motifs is 10. The molecule has 224 valence electrons. The second-order valence-electron chi connectivity index (χ2n) is 18.9. The van der Waals surface area contributed by atoms with Gasteiger partial charge in [-0.05, 0) is 0 Å². The van der Waals surface area contributed by atoms with Crippen LogP contribution in [0.25, 0.3) is 0 Å². The molecule has 10 aliphatic heterocycles. The van der Waals surface area contributed by atoms with E-state index in [9.17, 15) is 0 Å². The molecule has 0 amide bonds. The summed E-state index contributed by atoms with van der Waals surface area (Å²) in [7, 11) is -1.00. The van der Waals surface area contributed by atoms with Crippen molar-refractivity contribution in [1.29, 1.82) is 0 Å². The fraction of sp³-hybridized carbons (Fsp3) is 0.400. The monoisotopic (exact) mass is 653 g/mol. The Morgan fingerprint density at radius 2 is 0.955 bits per heavy atom. The molecule has 14 rings (SSSR count). The maximum absolute atomic E-state index is 3.93. The van der Waals surface area contributed by atoms with Gasteiger partial charge in [0.25, 0.3) is 0 Å². The van der Waals surface area contributed by atoms with Gasteiger partial charge in [0.05, 0.1) is 0 Å². The summed E-state index contributed by atoms with van der Waals surface area (Å²) in [5.41, 5.74) is 0.0848. The van der Waals surface area contributed by atoms with E-state index >= 15 is 0 Å². The SMILES string of the molecule is C[C@@H](N(P(c1ccccc1)c1ccccc1)C(C)(C)C)[C@@]12[CH]3[CH]4[CH]5[C]1(P(c1ccccc1)c1ccccc1)[Fe]45321678[CH]2[CH]1[CH]6[CH]7[CH]28. The topological polar surface area (TPSA) is 3.24 Å². The summed E-state index contributed by atoms with van der Waals surface area (Å²) in [5.74, 6) is 0. The van der Waals surface area contributed by atoms with Gasteiger partial charge in [0.15, 0.2) is 0 Å². The molecule has 10 heterocycles. The van der Waals surface area contributed by atoms with Gasteiger partial charge in [0.2, 0.25) is 0 Å². The van der Waals surface area contributed by atoms with Crippen molar-refractivity contribution >= 4 is 37.2 Å². The van der Waals surface area contributed by atoms with Crippen molar-refractivity contribution in [3.05, 3.63) is 121 Å². The summed E-state index contributed by atoms with van der Waals surface area (Å²) in [5, 5.41) is 6.49. The zero-order chi connectivity index (χ0) is 29.2. The zero-order valence-electron chi connectivity index (χ0n) is 25.9. The third-order valence-corrected chi connectivity index (χ3v) is 74.3. The number of rotatable bonds is 8. The third-order valence-electron chi connectivity index (χ3n) is 21.1. The van der Waals surface area contributed by atoms with Gasteiger partial charge in [-0.2, -0.15) is 0 Å². The van der Waals surface area contributed by atoms with E-state index in [-0.39, 0.29) is 13.5 Å². The first-order valence-corrected chi connectivity index (χ1v) is 25.8. The third kappa shape index (κ3) is 0.691. The Bertz CT molecular complexity index is 2250. The summed E-state index contributed by atoms with van der Waals surface area (Å²) < 4.78 is 4.54. The Labute approximate surface area is 254 Å². The van der Waals surface area contributed by atoms with Crippen molar-refractivity contribution < 1.29 is 6.51 Å². The Balaban J connectivity index is 1.06. The average molecular weight is 654 g/mol. The molecule has 10 saturated heterocycles. The normalized spacial score (nSPS) is 56.2. The molecule has 1 spiro atoms. The van der Waals surface area contributed by atoms with Crippen LogP contribution in [0.2, 0.25) is 42.8 Å². The van der Waals surface area contributed by atoms with Gasteiger partial charge >= 0.3 is 256 Å². The molecular weight excluding hydrogens is 612 g/mol. The summed E-state index contributed by atoms with van der Waals surface area (Å²) in [4.78, 5) is 10.0. The van der Waals surface area contributed by atoms with Crippen LogP contribution in [0.3, 0.4) is 0 Å². The molecule has 0 aliphatic carbocycles. The van der Waals surface area contributed by atoms with Gasteiger partial charge in [-0.15, -0.1) is 0 Å². The molecule has 6 atom stereocenters. The van der Waals surface area contributed by atoms with Crippen molar-refractivity contribution in [3.63, 3.8) is 0 Å². The van der Waals surface area contributed by atoms with Crippen LogP contribution in [-0.2, 0) is 6.51 Å². The van der Waals surface area contributed by atoms with Crippen LogP contribution in [0.4, 0.5) is 0 Å². The first-order chi connectivity index (χ1) is 21.1. The van der Waals surface area contributed by atoms with Crippen LogP contribution < -0.4 is 21.2 Å². The molecular formula is C40H41FeNP2. The van der Waals surface area contributed by atoms with E-state index in [4.69, 9.17) is 0 Å². The molecule has 4 aromatic rings. The molecule has 0 aromatic heterocycles. The predicted molar refractivity (Wildman–Crippen MR) is 185 cm³/mol. The zero-order valence-corrected chi connectivity index (χ0v) is 28.8. The molecule has 0 saturated carbocycles. The Morgan fingerprint density at radius 1 is 0.568 bits per heavy atom. The number of hydrogen-bond donors (Lipinski definition) is 0. The Hall–Kier alpha value is -1.78. The van der Waals surface area contributed by atoms with Crippen molar-refractivity contribution in [1.82, 2.24) is 4.67 Å². The quantitative estimate of drug-likeness (QED) is 0.135. The average Bonchev–Trinajstić information content (AvgIpc) is 4.00. The van der Waals surface area contributed by atoms with Crippen LogP contribution in [0.15, 0.2) is 121 Å². The maximum atomic E-state index is 3.18. The van der Waals surface area contributed by atoms with Crippen LogP contribution >= 0.6 is 16.0 Å². The van der Waals surface area contributed by atoms with E-state index < -0.39 is 14.6 Å². The number of benzene rings is 4. The fourth-order valence-electron chi connectivity index (χ4n) is 22.9. The first-order valence-electron chi connectivity index (χ1n) is 17.0. The first kappa shape index (κ1) is 23.5. The molecule has 4 unspecified atom stereocenters. The van der Waals surface area contributed by atoms with Crippen molar-refractivity contribution in [3.8, 4) is 0 Å². The van der Waals surface area contributed by atoms with E-state index in [1.807, 2.05) is 0 Å². The molecule has 4 aromatic carbocycles. The van der Waals surface area contributed by atoms with Gasteiger partial charge in [-0.3, -0.25) is 0 Å². The number of hydrogen-bond acceptors (Lipinski definition) is 1. The molecule has 0 radical (unpaired) electrons. The predicted octanol–water partition coefficient (Wildman–Crippen LogP) is 9.32. The van der Waals surface area contributed by atoms with Crippen LogP contribution in [-0.4, -0.2) is 20.3 Å². The van der Waals surface area contributed by atoms with Gasteiger partial charge in [-0.25, -0.2) is 0 Å². The van der Waals surface area contributed by atoms with Crippen LogP contribution in [0, 0.1) is 0 Å². The van der Waals surface area contributed by atoms with E-state index in [1.54, 1.807) is 10.6 Å². The van der Waals surface area contributed by atoms with E-state index in [1.165, 1.54) is 49.1 Å². The minimum absolute atomic E-state index is 0.0848. The van der Waals surface area contributed by atoms with E-state index in [2.05, 4.69) is 154 Å². The van der Waals surface area contributed by atoms with Crippen LogP contribution in [0.1, 0.15) is 27.7 Å². The standard InChI is InChI=1S/C35H36NP2.C5H5.Fe/c1-28(36(35(2,3)4)38(31-22-13-7-14-23-31)32-24-15-8-16-25-32)33-26-17-27-34(33)37(29-18-9-5-10-19-29)30-20-11-6-12-21-30;1-2-4-5-3-1;/h5-28H,1-4H3;1-5H;/t28-;;/m1../s1. The van der Waals surface area contributed by atoms with Crippen molar-refractivity contribution in [2.75, 3.05) is 0 Å². The summed E-state index contributed by atoms with van der Waals surface area (Å²) in [6, 6.07) is 48.2. The van der Waals surface area contributed by atoms with Crippen LogP contribution in [0.5, 0.6) is 0 Å². The Kier molecular flexibility index (Phi) is 2.14. The van der Waals surface area contributed by atoms with Gasteiger partial charge in [-0.1, -0.05) is 0 Å². The van der Waals surface area contributed by atoms with Crippen molar-refractivity contribution in [2.24, 2.45) is 0 Å². The molecule has 44 heavy (non-hydrogen) atoms. The molecule has 10 aliphatic rings. The van der Waals surface area contributed by atoms with Gasteiger partial charge in [0.1, 0.15) is 0 Å².